The molecule has 0 aliphatic heterocycles. The molecule has 1 unspecified atom stereocenters. The molecule has 0 aromatic heterocycles. The number of carbonyl (C=O) groups is 2. The molecule has 1 atom stereocenters. The van der Waals surface area contributed by atoms with Crippen LogP contribution in [0.1, 0.15) is 15.9 Å². The molecule has 6 nitrogen and oxygen atoms in total. The van der Waals surface area contributed by atoms with Crippen molar-refractivity contribution in [3.05, 3.63) is 89.7 Å². The summed E-state index contributed by atoms with van der Waals surface area (Å²) in [6.45, 7) is 0. The summed E-state index contributed by atoms with van der Waals surface area (Å²) in [5.41, 5.74) is 1.30. The fraction of sp³-hybridized carbons (Fsp3) is 0.130. The number of phenols is 1. The number of benzene rings is 3. The molecule has 0 bridgehead atoms. The first-order chi connectivity index (χ1) is 14.5. The smallest absolute Gasteiger partial charge is 0.251 e. The number of carbonyl (C=O) groups excluding carboxylic acids is 2. The van der Waals surface area contributed by atoms with Gasteiger partial charge in [-0.3, -0.25) is 9.59 Å². The third-order valence-corrected chi connectivity index (χ3v) is 4.45. The fourth-order valence-electron chi connectivity index (χ4n) is 2.91. The second-order valence-electron chi connectivity index (χ2n) is 6.60. The van der Waals surface area contributed by atoms with E-state index in [1.165, 1.54) is 31.4 Å². The number of rotatable bonds is 7. The van der Waals surface area contributed by atoms with Crippen molar-refractivity contribution in [2.24, 2.45) is 0 Å². The number of anilines is 1. The zero-order valence-corrected chi connectivity index (χ0v) is 16.3. The van der Waals surface area contributed by atoms with Gasteiger partial charge in [0.25, 0.3) is 5.91 Å². The molecule has 3 N–H and O–H groups in total. The van der Waals surface area contributed by atoms with Crippen LogP contribution >= 0.6 is 0 Å². The predicted molar refractivity (Wildman–Crippen MR) is 111 cm³/mol. The van der Waals surface area contributed by atoms with Crippen molar-refractivity contribution in [2.45, 2.75) is 12.5 Å². The van der Waals surface area contributed by atoms with E-state index in [0.29, 0.717) is 11.3 Å². The van der Waals surface area contributed by atoms with Crippen LogP contribution in [-0.4, -0.2) is 30.1 Å². The zero-order chi connectivity index (χ0) is 21.5. The SMILES string of the molecule is COc1ccc(F)cc1NC(=O)C(Cc1ccc(O)cc1)NC(=O)c1ccccc1. The molecule has 3 aromatic carbocycles. The highest BCUT2D eigenvalue weighted by Gasteiger charge is 2.23. The van der Waals surface area contributed by atoms with E-state index in [9.17, 15) is 19.1 Å². The highest BCUT2D eigenvalue weighted by atomic mass is 19.1. The van der Waals surface area contributed by atoms with Crippen LogP contribution in [0, 0.1) is 5.82 Å². The molecule has 0 radical (unpaired) electrons. The molecule has 0 fully saturated rings. The molecule has 0 heterocycles. The third-order valence-electron chi connectivity index (χ3n) is 4.45. The van der Waals surface area contributed by atoms with Crippen molar-refractivity contribution in [1.82, 2.24) is 5.32 Å². The summed E-state index contributed by atoms with van der Waals surface area (Å²) in [5.74, 6) is -1.09. The number of halogens is 1. The minimum absolute atomic E-state index is 0.0950. The molecule has 0 spiro atoms. The van der Waals surface area contributed by atoms with Crippen LogP contribution in [-0.2, 0) is 11.2 Å². The lowest BCUT2D eigenvalue weighted by atomic mass is 10.0. The average molecular weight is 408 g/mol. The van der Waals surface area contributed by atoms with E-state index < -0.39 is 23.7 Å². The Kier molecular flexibility index (Phi) is 6.64. The van der Waals surface area contributed by atoms with E-state index in [1.807, 2.05) is 0 Å². The lowest BCUT2D eigenvalue weighted by molar-refractivity contribution is -0.118. The monoisotopic (exact) mass is 408 g/mol. The first-order valence-corrected chi connectivity index (χ1v) is 9.24. The summed E-state index contributed by atoms with van der Waals surface area (Å²) >= 11 is 0. The molecule has 0 saturated heterocycles. The van der Waals surface area contributed by atoms with E-state index in [4.69, 9.17) is 4.74 Å². The van der Waals surface area contributed by atoms with Gasteiger partial charge in [-0.2, -0.15) is 0 Å². The minimum Gasteiger partial charge on any atom is -0.508 e. The normalized spacial score (nSPS) is 11.4. The number of ether oxygens (including phenoxy) is 1. The van der Waals surface area contributed by atoms with Gasteiger partial charge in [0.05, 0.1) is 12.8 Å². The van der Waals surface area contributed by atoms with Gasteiger partial charge >= 0.3 is 0 Å². The molecular formula is C23H21FN2O4. The number of amides is 2. The standard InChI is InChI=1S/C23H21FN2O4/c1-30-21-12-9-17(24)14-19(21)25-23(29)20(13-15-7-10-18(27)11-8-15)26-22(28)16-5-3-2-4-6-16/h2-12,14,20,27H,13H2,1H3,(H,25,29)(H,26,28). The highest BCUT2D eigenvalue weighted by Crippen LogP contribution is 2.25. The molecule has 0 aliphatic carbocycles. The first-order valence-electron chi connectivity index (χ1n) is 9.24. The Morgan fingerprint density at radius 2 is 1.73 bits per heavy atom. The van der Waals surface area contributed by atoms with Gasteiger partial charge in [-0.05, 0) is 42.0 Å². The van der Waals surface area contributed by atoms with E-state index in [-0.39, 0.29) is 17.9 Å². The van der Waals surface area contributed by atoms with Crippen LogP contribution in [0.3, 0.4) is 0 Å². The number of methoxy groups -OCH3 is 1. The Balaban J connectivity index is 1.84. The van der Waals surface area contributed by atoms with Crippen LogP contribution in [0.25, 0.3) is 0 Å². The van der Waals surface area contributed by atoms with Gasteiger partial charge in [0.1, 0.15) is 23.4 Å². The predicted octanol–water partition coefficient (Wildman–Crippen LogP) is 3.52. The largest absolute Gasteiger partial charge is 0.508 e. The molecule has 3 aromatic rings. The van der Waals surface area contributed by atoms with Crippen molar-refractivity contribution < 1.29 is 23.8 Å². The first kappa shape index (κ1) is 20.9. The van der Waals surface area contributed by atoms with Gasteiger partial charge in [-0.25, -0.2) is 4.39 Å². The highest BCUT2D eigenvalue weighted by molar-refractivity contribution is 6.01. The molecule has 30 heavy (non-hydrogen) atoms. The average Bonchev–Trinajstić information content (AvgIpc) is 2.75. The lowest BCUT2D eigenvalue weighted by Gasteiger charge is -2.20. The number of aromatic hydroxyl groups is 1. The van der Waals surface area contributed by atoms with Gasteiger partial charge in [-0.1, -0.05) is 30.3 Å². The summed E-state index contributed by atoms with van der Waals surface area (Å²) in [4.78, 5) is 25.6. The van der Waals surface area contributed by atoms with Gasteiger partial charge in [0.2, 0.25) is 5.91 Å². The maximum atomic E-state index is 13.7. The quantitative estimate of drug-likeness (QED) is 0.558. The van der Waals surface area contributed by atoms with Gasteiger partial charge < -0.3 is 20.5 Å². The van der Waals surface area contributed by atoms with Gasteiger partial charge in [0, 0.05) is 18.1 Å². The van der Waals surface area contributed by atoms with Crippen molar-refractivity contribution in [1.29, 1.82) is 0 Å². The van der Waals surface area contributed by atoms with E-state index >= 15 is 0 Å². The van der Waals surface area contributed by atoms with Crippen molar-refractivity contribution >= 4 is 17.5 Å². The Morgan fingerprint density at radius 1 is 1.03 bits per heavy atom. The lowest BCUT2D eigenvalue weighted by Crippen LogP contribution is -2.45. The Morgan fingerprint density at radius 3 is 2.40 bits per heavy atom. The molecule has 2 amide bonds. The number of hydrogen-bond donors (Lipinski definition) is 3. The summed E-state index contributed by atoms with van der Waals surface area (Å²) in [6, 6.07) is 17.7. The van der Waals surface area contributed by atoms with Crippen LogP contribution in [0.2, 0.25) is 0 Å². The summed E-state index contributed by atoms with van der Waals surface area (Å²) in [6.07, 6.45) is 0.169. The van der Waals surface area contributed by atoms with Gasteiger partial charge in [-0.15, -0.1) is 0 Å². The second-order valence-corrected chi connectivity index (χ2v) is 6.60. The van der Waals surface area contributed by atoms with Crippen molar-refractivity contribution in [2.75, 3.05) is 12.4 Å². The third kappa shape index (κ3) is 5.35. The molecular weight excluding hydrogens is 387 g/mol. The molecule has 0 aliphatic rings. The molecule has 0 saturated carbocycles. The molecule has 154 valence electrons. The summed E-state index contributed by atoms with van der Waals surface area (Å²) in [5, 5.41) is 14.8. The Hall–Kier alpha value is -3.87. The van der Waals surface area contributed by atoms with Crippen LogP contribution in [0.4, 0.5) is 10.1 Å². The minimum atomic E-state index is -0.949. The van der Waals surface area contributed by atoms with E-state index in [0.717, 1.165) is 11.6 Å². The van der Waals surface area contributed by atoms with Crippen LogP contribution < -0.4 is 15.4 Å². The number of nitrogens with one attached hydrogen (secondary N) is 2. The Bertz CT molecular complexity index is 1020. The maximum Gasteiger partial charge on any atom is 0.251 e. The number of phenolic OH excluding ortho intramolecular Hbond substituents is 1. The zero-order valence-electron chi connectivity index (χ0n) is 16.3. The number of hydrogen-bond acceptors (Lipinski definition) is 4. The summed E-state index contributed by atoms with van der Waals surface area (Å²) in [7, 11) is 1.41. The Labute approximate surface area is 173 Å². The van der Waals surface area contributed by atoms with Crippen LogP contribution in [0.15, 0.2) is 72.8 Å². The topological polar surface area (TPSA) is 87.7 Å². The summed E-state index contributed by atoms with van der Waals surface area (Å²) < 4.78 is 18.8. The second kappa shape index (κ2) is 9.56. The molecule has 3 rings (SSSR count). The van der Waals surface area contributed by atoms with E-state index in [1.54, 1.807) is 42.5 Å². The van der Waals surface area contributed by atoms with Gasteiger partial charge in [0.15, 0.2) is 0 Å². The van der Waals surface area contributed by atoms with Crippen LogP contribution in [0.5, 0.6) is 11.5 Å². The van der Waals surface area contributed by atoms with Crippen molar-refractivity contribution in [3.8, 4) is 11.5 Å². The fourth-order valence-corrected chi connectivity index (χ4v) is 2.91. The van der Waals surface area contributed by atoms with E-state index in [2.05, 4.69) is 10.6 Å². The molecule has 7 heteroatoms. The van der Waals surface area contributed by atoms with Crippen molar-refractivity contribution in [3.63, 3.8) is 0 Å². The maximum absolute atomic E-state index is 13.7.